The van der Waals surface area contributed by atoms with Crippen LogP contribution in [0.4, 0.5) is 0 Å². The van der Waals surface area contributed by atoms with Crippen LogP contribution in [0.5, 0.6) is 5.75 Å². The molecule has 112 valence electrons. The zero-order valence-electron chi connectivity index (χ0n) is 12.2. The van der Waals surface area contributed by atoms with Crippen molar-refractivity contribution in [2.45, 2.75) is 37.8 Å². The van der Waals surface area contributed by atoms with Gasteiger partial charge in [-0.1, -0.05) is 18.2 Å². The number of benzene rings is 1. The van der Waals surface area contributed by atoms with Crippen molar-refractivity contribution in [1.82, 2.24) is 0 Å². The van der Waals surface area contributed by atoms with Crippen molar-refractivity contribution in [2.75, 3.05) is 26.9 Å². The van der Waals surface area contributed by atoms with E-state index in [2.05, 4.69) is 0 Å². The number of ether oxygens (including phenoxy) is 3. The lowest BCUT2D eigenvalue weighted by atomic mass is 9.97. The van der Waals surface area contributed by atoms with Gasteiger partial charge in [0.1, 0.15) is 12.4 Å². The Morgan fingerprint density at radius 1 is 1.30 bits per heavy atom. The predicted molar refractivity (Wildman–Crippen MR) is 78.9 cm³/mol. The monoisotopic (exact) mass is 279 g/mol. The van der Waals surface area contributed by atoms with E-state index < -0.39 is 0 Å². The van der Waals surface area contributed by atoms with Gasteiger partial charge in [-0.15, -0.1) is 0 Å². The second-order valence-electron chi connectivity index (χ2n) is 5.21. The van der Waals surface area contributed by atoms with Gasteiger partial charge in [0.25, 0.3) is 0 Å². The van der Waals surface area contributed by atoms with Gasteiger partial charge in [0.2, 0.25) is 0 Å². The molecular formula is C16H25NO3. The first-order chi connectivity index (χ1) is 9.81. The molecule has 0 radical (unpaired) electrons. The number of hydrogen-bond acceptors (Lipinski definition) is 4. The molecule has 0 aliphatic carbocycles. The maximum absolute atomic E-state index is 6.34. The van der Waals surface area contributed by atoms with E-state index in [0.717, 1.165) is 30.8 Å². The number of nitrogens with two attached hydrogens (primary N) is 1. The molecule has 0 amide bonds. The van der Waals surface area contributed by atoms with Crippen molar-refractivity contribution in [2.24, 2.45) is 5.73 Å². The number of rotatable bonds is 7. The molecule has 2 N–H and O–H groups in total. The number of hydrogen-bond donors (Lipinski definition) is 1. The Morgan fingerprint density at radius 2 is 2.15 bits per heavy atom. The zero-order chi connectivity index (χ0) is 14.2. The van der Waals surface area contributed by atoms with Crippen LogP contribution in [0.3, 0.4) is 0 Å². The molecule has 2 rings (SSSR count). The first-order valence-corrected chi connectivity index (χ1v) is 7.39. The average Bonchev–Trinajstić information content (AvgIpc) is 2.49. The van der Waals surface area contributed by atoms with Crippen molar-refractivity contribution in [3.8, 4) is 5.75 Å². The van der Waals surface area contributed by atoms with E-state index >= 15 is 0 Å². The van der Waals surface area contributed by atoms with Crippen molar-refractivity contribution in [1.29, 1.82) is 0 Å². The molecule has 4 nitrogen and oxygen atoms in total. The minimum atomic E-state index is -0.0446. The topological polar surface area (TPSA) is 53.7 Å². The van der Waals surface area contributed by atoms with E-state index in [9.17, 15) is 0 Å². The first-order valence-electron chi connectivity index (χ1n) is 7.39. The van der Waals surface area contributed by atoms with Crippen molar-refractivity contribution >= 4 is 0 Å². The van der Waals surface area contributed by atoms with E-state index in [-0.39, 0.29) is 12.1 Å². The van der Waals surface area contributed by atoms with Gasteiger partial charge < -0.3 is 19.9 Å². The summed E-state index contributed by atoms with van der Waals surface area (Å²) < 4.78 is 16.5. The molecule has 1 aromatic rings. The molecule has 20 heavy (non-hydrogen) atoms. The molecule has 1 aliphatic rings. The number of methoxy groups -OCH3 is 1. The standard InChI is InChI=1S/C16H25NO3/c1-18-10-11-20-16-8-3-2-7-14(16)15(17)12-13-6-4-5-9-19-13/h2-3,7-8,13,15H,4-6,9-12,17H2,1H3. The van der Waals surface area contributed by atoms with Crippen LogP contribution >= 0.6 is 0 Å². The largest absolute Gasteiger partial charge is 0.491 e. The zero-order valence-corrected chi connectivity index (χ0v) is 12.2. The minimum Gasteiger partial charge on any atom is -0.491 e. The molecule has 1 saturated heterocycles. The molecule has 1 aliphatic heterocycles. The Balaban J connectivity index is 1.95. The molecule has 0 saturated carbocycles. The summed E-state index contributed by atoms with van der Waals surface area (Å²) in [7, 11) is 1.67. The van der Waals surface area contributed by atoms with Crippen LogP contribution in [-0.2, 0) is 9.47 Å². The van der Waals surface area contributed by atoms with Gasteiger partial charge in [-0.3, -0.25) is 0 Å². The lowest BCUT2D eigenvalue weighted by Gasteiger charge is -2.26. The van der Waals surface area contributed by atoms with Gasteiger partial charge in [-0.25, -0.2) is 0 Å². The van der Waals surface area contributed by atoms with Crippen LogP contribution in [0.1, 0.15) is 37.3 Å². The van der Waals surface area contributed by atoms with Crippen molar-refractivity contribution in [3.05, 3.63) is 29.8 Å². The Bertz CT molecular complexity index is 391. The van der Waals surface area contributed by atoms with E-state index in [0.29, 0.717) is 13.2 Å². The summed E-state index contributed by atoms with van der Waals surface area (Å²) in [5, 5.41) is 0. The van der Waals surface area contributed by atoms with Gasteiger partial charge in [-0.05, 0) is 31.7 Å². The molecule has 2 atom stereocenters. The van der Waals surface area contributed by atoms with Crippen molar-refractivity contribution < 1.29 is 14.2 Å². The van der Waals surface area contributed by atoms with Crippen molar-refractivity contribution in [3.63, 3.8) is 0 Å². The Hall–Kier alpha value is -1.10. The third-order valence-electron chi connectivity index (χ3n) is 3.65. The molecule has 0 bridgehead atoms. The molecular weight excluding hydrogens is 254 g/mol. The highest BCUT2D eigenvalue weighted by atomic mass is 16.5. The van der Waals surface area contributed by atoms with E-state index in [1.54, 1.807) is 7.11 Å². The van der Waals surface area contributed by atoms with Gasteiger partial charge in [-0.2, -0.15) is 0 Å². The van der Waals surface area contributed by atoms with Gasteiger partial charge >= 0.3 is 0 Å². The lowest BCUT2D eigenvalue weighted by molar-refractivity contribution is 0.00714. The summed E-state index contributed by atoms with van der Waals surface area (Å²) in [6, 6.07) is 7.93. The normalized spacial score (nSPS) is 20.6. The highest BCUT2D eigenvalue weighted by molar-refractivity contribution is 5.35. The van der Waals surface area contributed by atoms with Crippen LogP contribution in [-0.4, -0.2) is 33.0 Å². The summed E-state index contributed by atoms with van der Waals surface area (Å²) in [6.45, 7) is 1.98. The van der Waals surface area contributed by atoms with Crippen LogP contribution in [0.25, 0.3) is 0 Å². The third kappa shape index (κ3) is 4.47. The summed E-state index contributed by atoms with van der Waals surface area (Å²) >= 11 is 0. The fourth-order valence-electron chi connectivity index (χ4n) is 2.56. The fourth-order valence-corrected chi connectivity index (χ4v) is 2.56. The quantitative estimate of drug-likeness (QED) is 0.780. The summed E-state index contributed by atoms with van der Waals surface area (Å²) in [5.41, 5.74) is 7.39. The Kier molecular flexibility index (Phi) is 6.30. The number of para-hydroxylation sites is 1. The summed E-state index contributed by atoms with van der Waals surface area (Å²) in [4.78, 5) is 0. The minimum absolute atomic E-state index is 0.0446. The highest BCUT2D eigenvalue weighted by Crippen LogP contribution is 2.29. The fraction of sp³-hybridized carbons (Fsp3) is 0.625. The Morgan fingerprint density at radius 3 is 2.90 bits per heavy atom. The van der Waals surface area contributed by atoms with Crippen LogP contribution in [0, 0.1) is 0 Å². The van der Waals surface area contributed by atoms with Gasteiger partial charge in [0.15, 0.2) is 0 Å². The molecule has 1 fully saturated rings. The predicted octanol–water partition coefficient (Wildman–Crippen LogP) is 2.67. The average molecular weight is 279 g/mol. The highest BCUT2D eigenvalue weighted by Gasteiger charge is 2.20. The summed E-state index contributed by atoms with van der Waals surface area (Å²) in [5.74, 6) is 0.854. The molecule has 1 aromatic carbocycles. The van der Waals surface area contributed by atoms with Crippen LogP contribution < -0.4 is 10.5 Å². The molecule has 0 spiro atoms. The maximum atomic E-state index is 6.34. The third-order valence-corrected chi connectivity index (χ3v) is 3.65. The molecule has 0 aromatic heterocycles. The second-order valence-corrected chi connectivity index (χ2v) is 5.21. The van der Waals surface area contributed by atoms with Crippen LogP contribution in [0.2, 0.25) is 0 Å². The molecule has 4 heteroatoms. The van der Waals surface area contributed by atoms with E-state index in [4.69, 9.17) is 19.9 Å². The second kappa shape index (κ2) is 8.25. The Labute approximate surface area is 121 Å². The maximum Gasteiger partial charge on any atom is 0.124 e. The van der Waals surface area contributed by atoms with Crippen LogP contribution in [0.15, 0.2) is 24.3 Å². The SMILES string of the molecule is COCCOc1ccccc1C(N)CC1CCCCO1. The lowest BCUT2D eigenvalue weighted by Crippen LogP contribution is -2.25. The first kappa shape index (κ1) is 15.3. The summed E-state index contributed by atoms with van der Waals surface area (Å²) in [6.07, 6.45) is 4.66. The van der Waals surface area contributed by atoms with Gasteiger partial charge in [0, 0.05) is 25.3 Å². The van der Waals surface area contributed by atoms with E-state index in [1.807, 2.05) is 24.3 Å². The molecule has 2 unspecified atom stereocenters. The smallest absolute Gasteiger partial charge is 0.124 e. The molecule has 1 heterocycles. The van der Waals surface area contributed by atoms with E-state index in [1.165, 1.54) is 12.8 Å². The van der Waals surface area contributed by atoms with Gasteiger partial charge in [0.05, 0.1) is 12.7 Å².